The van der Waals surface area contributed by atoms with E-state index in [-0.39, 0.29) is 6.41 Å². The maximum atomic E-state index is 12.0. The molecule has 76 valence electrons. The van der Waals surface area contributed by atoms with E-state index >= 15 is 0 Å². The van der Waals surface area contributed by atoms with Gasteiger partial charge >= 0.3 is 12.1 Å². The summed E-state index contributed by atoms with van der Waals surface area (Å²) < 4.78 is 58.3. The summed E-state index contributed by atoms with van der Waals surface area (Å²) in [5.41, 5.74) is 0. The molecule has 1 N–H and O–H groups in total. The second kappa shape index (κ2) is 3.67. The van der Waals surface area contributed by atoms with E-state index in [2.05, 4.69) is 0 Å². The monoisotopic (exact) mass is 205 g/mol. The molecule has 0 radical (unpaired) electrons. The molecule has 8 heteroatoms. The number of nitrogens with one attached hydrogen (secondary N) is 1. The molecule has 0 spiro atoms. The molecule has 13 heavy (non-hydrogen) atoms. The van der Waals surface area contributed by atoms with Crippen LogP contribution in [0.1, 0.15) is 6.42 Å². The summed E-state index contributed by atoms with van der Waals surface area (Å²) in [6.45, 7) is 0. The van der Waals surface area contributed by atoms with E-state index in [0.717, 1.165) is 0 Å². The maximum Gasteiger partial charge on any atom is 0.453 e. The predicted molar refractivity (Wildman–Crippen MR) is 29.8 cm³/mol. The first-order chi connectivity index (χ1) is 5.70. The quantitative estimate of drug-likeness (QED) is 0.548. The van der Waals surface area contributed by atoms with Gasteiger partial charge in [-0.05, 0) is 0 Å². The zero-order chi connectivity index (χ0) is 10.7. The van der Waals surface area contributed by atoms with E-state index in [1.807, 2.05) is 0 Å². The number of halogens is 5. The van der Waals surface area contributed by atoms with Crippen LogP contribution in [0.3, 0.4) is 0 Å². The average molecular weight is 205 g/mol. The summed E-state index contributed by atoms with van der Waals surface area (Å²) in [5, 5.41) is 1.17. The largest absolute Gasteiger partial charge is 0.453 e. The number of hydrogen-bond acceptors (Lipinski definition) is 2. The van der Waals surface area contributed by atoms with Crippen molar-refractivity contribution < 1.29 is 31.5 Å². The zero-order valence-electron chi connectivity index (χ0n) is 5.99. The van der Waals surface area contributed by atoms with E-state index in [1.54, 1.807) is 0 Å². The van der Waals surface area contributed by atoms with Crippen LogP contribution in [0.4, 0.5) is 22.0 Å². The normalized spacial score (nSPS) is 12.4. The van der Waals surface area contributed by atoms with E-state index in [4.69, 9.17) is 0 Å². The summed E-state index contributed by atoms with van der Waals surface area (Å²) in [6, 6.07) is 0. The third kappa shape index (κ3) is 3.34. The summed E-state index contributed by atoms with van der Waals surface area (Å²) in [6.07, 6.45) is -8.14. The minimum absolute atomic E-state index is 0.269. The lowest BCUT2D eigenvalue weighted by Crippen LogP contribution is -2.41. The Morgan fingerprint density at radius 1 is 1.23 bits per heavy atom. The topological polar surface area (TPSA) is 46.2 Å². The van der Waals surface area contributed by atoms with Crippen molar-refractivity contribution in [2.45, 2.75) is 18.5 Å². The van der Waals surface area contributed by atoms with Crippen LogP contribution < -0.4 is 5.32 Å². The lowest BCUT2D eigenvalue weighted by molar-refractivity contribution is -0.281. The van der Waals surface area contributed by atoms with Gasteiger partial charge in [0.2, 0.25) is 12.3 Å². The van der Waals surface area contributed by atoms with Crippen molar-refractivity contribution in [3.63, 3.8) is 0 Å². The first-order valence-corrected chi connectivity index (χ1v) is 2.88. The molecule has 2 amide bonds. The van der Waals surface area contributed by atoms with Crippen molar-refractivity contribution >= 4 is 12.3 Å². The van der Waals surface area contributed by atoms with Gasteiger partial charge in [0.1, 0.15) is 6.42 Å². The zero-order valence-corrected chi connectivity index (χ0v) is 5.99. The molecule has 0 aromatic carbocycles. The third-order valence-electron chi connectivity index (χ3n) is 1.02. The molecule has 0 aromatic heterocycles. The Kier molecular flexibility index (Phi) is 3.33. The van der Waals surface area contributed by atoms with Gasteiger partial charge in [-0.25, -0.2) is 0 Å². The maximum absolute atomic E-state index is 12.0. The van der Waals surface area contributed by atoms with Gasteiger partial charge in [-0.15, -0.1) is 0 Å². The number of carbonyl (C=O) groups excluding carboxylic acids is 2. The summed E-state index contributed by atoms with van der Waals surface area (Å²) in [5.74, 6) is -6.79. The number of rotatable bonds is 3. The van der Waals surface area contributed by atoms with Gasteiger partial charge in [0.15, 0.2) is 0 Å². The van der Waals surface area contributed by atoms with Crippen LogP contribution in [0.5, 0.6) is 0 Å². The summed E-state index contributed by atoms with van der Waals surface area (Å²) >= 11 is 0. The molecule has 0 aromatic rings. The highest BCUT2D eigenvalue weighted by molar-refractivity contribution is 5.86. The fraction of sp³-hybridized carbons (Fsp3) is 0.600. The van der Waals surface area contributed by atoms with Gasteiger partial charge < -0.3 is 0 Å². The minimum atomic E-state index is -5.78. The Bertz CT molecular complexity index is 211. The van der Waals surface area contributed by atoms with Gasteiger partial charge in [-0.1, -0.05) is 0 Å². The van der Waals surface area contributed by atoms with E-state index in [1.165, 1.54) is 5.32 Å². The molecule has 0 heterocycles. The summed E-state index contributed by atoms with van der Waals surface area (Å²) in [4.78, 5) is 19.7. The van der Waals surface area contributed by atoms with Crippen LogP contribution in [0.25, 0.3) is 0 Å². The van der Waals surface area contributed by atoms with Crippen molar-refractivity contribution in [1.82, 2.24) is 5.32 Å². The van der Waals surface area contributed by atoms with Crippen molar-refractivity contribution in [1.29, 1.82) is 0 Å². The minimum Gasteiger partial charge on any atom is -0.299 e. The number of imide groups is 1. The van der Waals surface area contributed by atoms with Crippen LogP contribution >= 0.6 is 0 Å². The van der Waals surface area contributed by atoms with Gasteiger partial charge in [0.25, 0.3) is 0 Å². The van der Waals surface area contributed by atoms with Crippen molar-refractivity contribution in [2.24, 2.45) is 0 Å². The molecular formula is C5H4F5NO2. The van der Waals surface area contributed by atoms with E-state index in [0.29, 0.717) is 0 Å². The SMILES string of the molecule is O=CNC(=O)CC(F)(F)C(F)(F)F. The van der Waals surface area contributed by atoms with Crippen LogP contribution in [-0.2, 0) is 9.59 Å². The van der Waals surface area contributed by atoms with Gasteiger partial charge in [0.05, 0.1) is 0 Å². The molecular weight excluding hydrogens is 201 g/mol. The Morgan fingerprint density at radius 3 is 2.00 bits per heavy atom. The second-order valence-electron chi connectivity index (χ2n) is 2.06. The molecule has 0 saturated carbocycles. The predicted octanol–water partition coefficient (Wildman–Crippen LogP) is 0.847. The smallest absolute Gasteiger partial charge is 0.299 e. The van der Waals surface area contributed by atoms with Crippen LogP contribution in [-0.4, -0.2) is 24.4 Å². The molecule has 0 bridgehead atoms. The highest BCUT2D eigenvalue weighted by atomic mass is 19.4. The number of alkyl halides is 5. The van der Waals surface area contributed by atoms with Crippen molar-refractivity contribution in [3.8, 4) is 0 Å². The number of hydrogen-bond donors (Lipinski definition) is 1. The molecule has 0 atom stereocenters. The average Bonchev–Trinajstić information content (AvgIpc) is 1.83. The standard InChI is InChI=1S/C5H4F5NO2/c6-4(7,5(8,9)10)1-3(13)11-2-12/h2H,1H2,(H,11,12,13). The Morgan fingerprint density at radius 2 is 1.69 bits per heavy atom. The first kappa shape index (κ1) is 11.8. The Hall–Kier alpha value is -1.21. The van der Waals surface area contributed by atoms with E-state index in [9.17, 15) is 31.5 Å². The summed E-state index contributed by atoms with van der Waals surface area (Å²) in [7, 11) is 0. The molecule has 0 fully saturated rings. The van der Waals surface area contributed by atoms with Gasteiger partial charge in [-0.3, -0.25) is 14.9 Å². The highest BCUT2D eigenvalue weighted by Gasteiger charge is 2.58. The lowest BCUT2D eigenvalue weighted by atomic mass is 10.2. The van der Waals surface area contributed by atoms with E-state index < -0.39 is 24.4 Å². The van der Waals surface area contributed by atoms with Gasteiger partial charge in [-0.2, -0.15) is 22.0 Å². The molecule has 0 aliphatic rings. The van der Waals surface area contributed by atoms with Crippen molar-refractivity contribution in [3.05, 3.63) is 0 Å². The lowest BCUT2D eigenvalue weighted by Gasteiger charge is -2.17. The fourth-order valence-electron chi connectivity index (χ4n) is 0.419. The highest BCUT2D eigenvalue weighted by Crippen LogP contribution is 2.37. The third-order valence-corrected chi connectivity index (χ3v) is 1.02. The fourth-order valence-corrected chi connectivity index (χ4v) is 0.419. The second-order valence-corrected chi connectivity index (χ2v) is 2.06. The van der Waals surface area contributed by atoms with Gasteiger partial charge in [0, 0.05) is 0 Å². The Labute approximate surface area is 68.9 Å². The molecule has 0 unspecified atom stereocenters. The number of carbonyl (C=O) groups is 2. The first-order valence-electron chi connectivity index (χ1n) is 2.88. The molecule has 0 aliphatic heterocycles. The van der Waals surface area contributed by atoms with Crippen LogP contribution in [0.2, 0.25) is 0 Å². The van der Waals surface area contributed by atoms with Crippen molar-refractivity contribution in [2.75, 3.05) is 0 Å². The Balaban J connectivity index is 4.33. The molecule has 0 aliphatic carbocycles. The molecule has 0 rings (SSSR count). The van der Waals surface area contributed by atoms with Crippen LogP contribution in [0.15, 0.2) is 0 Å². The molecule has 3 nitrogen and oxygen atoms in total. The number of amides is 2. The van der Waals surface area contributed by atoms with Crippen LogP contribution in [0, 0.1) is 0 Å². The molecule has 0 saturated heterocycles.